The first-order valence-electron chi connectivity index (χ1n) is 6.26. The first kappa shape index (κ1) is 14.6. The molecule has 0 saturated heterocycles. The van der Waals surface area contributed by atoms with Crippen molar-refractivity contribution < 1.29 is 4.74 Å². The van der Waals surface area contributed by atoms with Gasteiger partial charge in [0.05, 0.1) is 12.7 Å². The first-order valence-corrected chi connectivity index (χ1v) is 7.25. The molecule has 0 amide bonds. The van der Waals surface area contributed by atoms with Crippen LogP contribution in [0.2, 0.25) is 0 Å². The Morgan fingerprint density at radius 1 is 1.35 bits per heavy atom. The van der Waals surface area contributed by atoms with Crippen molar-refractivity contribution in [1.82, 2.24) is 5.32 Å². The number of nitrogens with one attached hydrogen (secondary N) is 1. The number of hydrogen-bond acceptors (Lipinski definition) is 3. The topological polar surface area (TPSA) is 21.3 Å². The SMILES string of the molecule is CCNCc1cccc(SCCOC(C)C)c1. The fraction of sp³-hybridized carbons (Fsp3) is 0.571. The Morgan fingerprint density at radius 3 is 2.88 bits per heavy atom. The Balaban J connectivity index is 2.32. The minimum Gasteiger partial charge on any atom is -0.378 e. The van der Waals surface area contributed by atoms with E-state index >= 15 is 0 Å². The first-order chi connectivity index (χ1) is 8.22. The van der Waals surface area contributed by atoms with Gasteiger partial charge in [-0.05, 0) is 38.1 Å². The van der Waals surface area contributed by atoms with Gasteiger partial charge in [0.1, 0.15) is 0 Å². The van der Waals surface area contributed by atoms with Crippen molar-refractivity contribution >= 4 is 11.8 Å². The third kappa shape index (κ3) is 6.71. The predicted molar refractivity (Wildman–Crippen MR) is 75.6 cm³/mol. The zero-order valence-corrected chi connectivity index (χ0v) is 11.8. The molecule has 17 heavy (non-hydrogen) atoms. The average Bonchev–Trinajstić information content (AvgIpc) is 2.32. The van der Waals surface area contributed by atoms with Crippen LogP contribution in [0.5, 0.6) is 0 Å². The van der Waals surface area contributed by atoms with Crippen LogP contribution < -0.4 is 5.32 Å². The number of rotatable bonds is 8. The van der Waals surface area contributed by atoms with Crippen LogP contribution in [-0.2, 0) is 11.3 Å². The molecule has 0 fully saturated rings. The van der Waals surface area contributed by atoms with Crippen LogP contribution in [-0.4, -0.2) is 25.0 Å². The van der Waals surface area contributed by atoms with E-state index in [2.05, 4.69) is 50.4 Å². The lowest BCUT2D eigenvalue weighted by atomic mass is 10.2. The highest BCUT2D eigenvalue weighted by atomic mass is 32.2. The molecular weight excluding hydrogens is 230 g/mol. The molecule has 0 aliphatic carbocycles. The standard InChI is InChI=1S/C14H23NOS/c1-4-15-11-13-6-5-7-14(10-13)17-9-8-16-12(2)3/h5-7,10,12,15H,4,8-9,11H2,1-3H3. The molecule has 0 unspecified atom stereocenters. The smallest absolute Gasteiger partial charge is 0.0563 e. The highest BCUT2D eigenvalue weighted by Gasteiger charge is 1.98. The van der Waals surface area contributed by atoms with E-state index in [9.17, 15) is 0 Å². The van der Waals surface area contributed by atoms with Gasteiger partial charge in [-0.2, -0.15) is 0 Å². The van der Waals surface area contributed by atoms with E-state index < -0.39 is 0 Å². The van der Waals surface area contributed by atoms with Crippen LogP contribution in [0.15, 0.2) is 29.2 Å². The van der Waals surface area contributed by atoms with Gasteiger partial charge in [0.2, 0.25) is 0 Å². The van der Waals surface area contributed by atoms with Crippen molar-refractivity contribution in [2.75, 3.05) is 18.9 Å². The van der Waals surface area contributed by atoms with Crippen LogP contribution in [0, 0.1) is 0 Å². The molecule has 1 aromatic carbocycles. The van der Waals surface area contributed by atoms with Crippen LogP contribution in [0.25, 0.3) is 0 Å². The summed E-state index contributed by atoms with van der Waals surface area (Å²) in [6.07, 6.45) is 0.329. The van der Waals surface area contributed by atoms with Crippen LogP contribution >= 0.6 is 11.8 Å². The van der Waals surface area contributed by atoms with Gasteiger partial charge < -0.3 is 10.1 Å². The molecule has 0 aromatic heterocycles. The van der Waals surface area contributed by atoms with Gasteiger partial charge in [0.25, 0.3) is 0 Å². The molecule has 1 aromatic rings. The average molecular weight is 253 g/mol. The molecular formula is C14H23NOS. The van der Waals surface area contributed by atoms with Crippen LogP contribution in [0.3, 0.4) is 0 Å². The van der Waals surface area contributed by atoms with Crippen molar-refractivity contribution in [3.05, 3.63) is 29.8 Å². The van der Waals surface area contributed by atoms with E-state index in [1.54, 1.807) is 0 Å². The molecule has 96 valence electrons. The summed E-state index contributed by atoms with van der Waals surface area (Å²) in [4.78, 5) is 1.33. The predicted octanol–water partition coefficient (Wildman–Crippen LogP) is 3.31. The third-order valence-electron chi connectivity index (χ3n) is 2.28. The largest absolute Gasteiger partial charge is 0.378 e. The van der Waals surface area contributed by atoms with E-state index in [1.807, 2.05) is 11.8 Å². The molecule has 0 saturated carbocycles. The van der Waals surface area contributed by atoms with Gasteiger partial charge in [0.15, 0.2) is 0 Å². The molecule has 0 spiro atoms. The lowest BCUT2D eigenvalue weighted by Crippen LogP contribution is -2.11. The summed E-state index contributed by atoms with van der Waals surface area (Å²) in [7, 11) is 0. The summed E-state index contributed by atoms with van der Waals surface area (Å²) >= 11 is 1.86. The number of benzene rings is 1. The number of thioether (sulfide) groups is 1. The molecule has 1 rings (SSSR count). The van der Waals surface area contributed by atoms with E-state index in [4.69, 9.17) is 4.74 Å². The zero-order valence-electron chi connectivity index (χ0n) is 11.0. The quantitative estimate of drug-likeness (QED) is 0.567. The summed E-state index contributed by atoms with van der Waals surface area (Å²) in [5, 5.41) is 3.34. The van der Waals surface area contributed by atoms with Gasteiger partial charge >= 0.3 is 0 Å². The van der Waals surface area contributed by atoms with Gasteiger partial charge in [-0.15, -0.1) is 11.8 Å². The molecule has 0 atom stereocenters. The Kier molecular flexibility index (Phi) is 7.33. The summed E-state index contributed by atoms with van der Waals surface area (Å²) in [6.45, 7) is 9.05. The Bertz CT molecular complexity index is 315. The summed E-state index contributed by atoms with van der Waals surface area (Å²) < 4.78 is 5.53. The zero-order chi connectivity index (χ0) is 12.5. The maximum Gasteiger partial charge on any atom is 0.0563 e. The second-order valence-electron chi connectivity index (χ2n) is 4.20. The van der Waals surface area contributed by atoms with Gasteiger partial charge in [-0.3, -0.25) is 0 Å². The minimum absolute atomic E-state index is 0.329. The van der Waals surface area contributed by atoms with Crippen molar-refractivity contribution in [2.45, 2.75) is 38.3 Å². The summed E-state index contributed by atoms with van der Waals surface area (Å²) in [5.41, 5.74) is 1.35. The number of hydrogen-bond donors (Lipinski definition) is 1. The molecule has 2 nitrogen and oxygen atoms in total. The Labute approximate surface area is 109 Å². The second-order valence-corrected chi connectivity index (χ2v) is 5.36. The molecule has 3 heteroatoms. The fourth-order valence-electron chi connectivity index (χ4n) is 1.46. The molecule has 0 radical (unpaired) electrons. The van der Waals surface area contributed by atoms with Crippen molar-refractivity contribution in [1.29, 1.82) is 0 Å². The fourth-order valence-corrected chi connectivity index (χ4v) is 2.28. The van der Waals surface area contributed by atoms with Crippen molar-refractivity contribution in [3.63, 3.8) is 0 Å². The summed E-state index contributed by atoms with van der Waals surface area (Å²) in [5.74, 6) is 1.02. The highest BCUT2D eigenvalue weighted by Crippen LogP contribution is 2.19. The van der Waals surface area contributed by atoms with Crippen molar-refractivity contribution in [3.8, 4) is 0 Å². The van der Waals surface area contributed by atoms with Crippen LogP contribution in [0.1, 0.15) is 26.3 Å². The Morgan fingerprint density at radius 2 is 2.18 bits per heavy atom. The van der Waals surface area contributed by atoms with E-state index in [0.717, 1.165) is 25.4 Å². The Hall–Kier alpha value is -0.510. The van der Waals surface area contributed by atoms with Gasteiger partial charge in [0, 0.05) is 17.2 Å². The summed E-state index contributed by atoms with van der Waals surface area (Å²) in [6, 6.07) is 8.70. The normalized spacial score (nSPS) is 11.1. The van der Waals surface area contributed by atoms with Gasteiger partial charge in [-0.1, -0.05) is 19.1 Å². The van der Waals surface area contributed by atoms with Crippen molar-refractivity contribution in [2.24, 2.45) is 0 Å². The monoisotopic (exact) mass is 253 g/mol. The molecule has 0 heterocycles. The molecule has 0 aliphatic rings. The molecule has 0 bridgehead atoms. The molecule has 1 N–H and O–H groups in total. The maximum atomic E-state index is 5.53. The van der Waals surface area contributed by atoms with E-state index in [-0.39, 0.29) is 0 Å². The van der Waals surface area contributed by atoms with E-state index in [1.165, 1.54) is 10.5 Å². The molecule has 0 aliphatic heterocycles. The van der Waals surface area contributed by atoms with Crippen LogP contribution in [0.4, 0.5) is 0 Å². The second kappa shape index (κ2) is 8.56. The third-order valence-corrected chi connectivity index (χ3v) is 3.24. The maximum absolute atomic E-state index is 5.53. The van der Waals surface area contributed by atoms with E-state index in [0.29, 0.717) is 6.10 Å². The van der Waals surface area contributed by atoms with Gasteiger partial charge in [-0.25, -0.2) is 0 Å². The minimum atomic E-state index is 0.329. The lowest BCUT2D eigenvalue weighted by Gasteiger charge is -2.08. The highest BCUT2D eigenvalue weighted by molar-refractivity contribution is 7.99. The lowest BCUT2D eigenvalue weighted by molar-refractivity contribution is 0.0920. The number of ether oxygens (including phenoxy) is 1.